The number of aryl methyl sites for hydroxylation is 1. The van der Waals surface area contributed by atoms with Crippen LogP contribution in [-0.4, -0.2) is 34.6 Å². The van der Waals surface area contributed by atoms with Gasteiger partial charge in [0.25, 0.3) is 0 Å². The van der Waals surface area contributed by atoms with Gasteiger partial charge in [-0.15, -0.1) is 0 Å². The van der Waals surface area contributed by atoms with Crippen LogP contribution in [0.1, 0.15) is 37.8 Å². The Morgan fingerprint density at radius 1 is 1.32 bits per heavy atom. The Morgan fingerprint density at radius 2 is 1.89 bits per heavy atom. The van der Waals surface area contributed by atoms with Crippen LogP contribution in [0.15, 0.2) is 24.3 Å². The molecule has 0 bridgehead atoms. The molecule has 1 N–H and O–H groups in total. The Bertz CT molecular complexity index is 464. The lowest BCUT2D eigenvalue weighted by Gasteiger charge is -2.34. The summed E-state index contributed by atoms with van der Waals surface area (Å²) >= 11 is 0. The molecule has 3 heteroatoms. The monoisotopic (exact) mass is 261 g/mol. The van der Waals surface area contributed by atoms with Crippen LogP contribution >= 0.6 is 0 Å². The van der Waals surface area contributed by atoms with E-state index in [0.717, 1.165) is 0 Å². The molecule has 1 fully saturated rings. The largest absolute Gasteiger partial charge is 0.394 e. The Labute approximate surface area is 115 Å². The molecule has 1 aromatic carbocycles. The van der Waals surface area contributed by atoms with Crippen molar-refractivity contribution in [3.63, 3.8) is 0 Å². The van der Waals surface area contributed by atoms with Crippen LogP contribution in [0.2, 0.25) is 0 Å². The van der Waals surface area contributed by atoms with Gasteiger partial charge in [-0.25, -0.2) is 0 Å². The third-order valence-corrected chi connectivity index (χ3v) is 4.26. The number of amides is 1. The zero-order valence-corrected chi connectivity index (χ0v) is 12.2. The Hall–Kier alpha value is -1.35. The van der Waals surface area contributed by atoms with Gasteiger partial charge in [-0.05, 0) is 26.3 Å². The molecule has 1 saturated heterocycles. The molecule has 0 aliphatic carbocycles. The van der Waals surface area contributed by atoms with Gasteiger partial charge in [0.05, 0.1) is 12.1 Å². The van der Waals surface area contributed by atoms with Crippen LogP contribution in [0.5, 0.6) is 0 Å². The van der Waals surface area contributed by atoms with Crippen molar-refractivity contribution in [2.24, 2.45) is 5.92 Å². The highest BCUT2D eigenvalue weighted by atomic mass is 16.3. The summed E-state index contributed by atoms with van der Waals surface area (Å²) in [6.45, 7) is 8.56. The normalized spacial score (nSPS) is 24.1. The molecule has 0 spiro atoms. The topological polar surface area (TPSA) is 40.5 Å². The predicted octanol–water partition coefficient (Wildman–Crippen LogP) is 2.33. The van der Waals surface area contributed by atoms with Gasteiger partial charge in [-0.2, -0.15) is 0 Å². The molecule has 3 nitrogen and oxygen atoms in total. The molecule has 104 valence electrons. The van der Waals surface area contributed by atoms with Crippen LogP contribution in [0, 0.1) is 12.8 Å². The SMILES string of the molecule is Cc1ccc([C@@H]2CN(C(C)(C)CO)C(=O)[C@H]2C)cc1. The van der Waals surface area contributed by atoms with Crippen LogP contribution in [0.25, 0.3) is 0 Å². The van der Waals surface area contributed by atoms with E-state index >= 15 is 0 Å². The van der Waals surface area contributed by atoms with E-state index in [2.05, 4.69) is 31.2 Å². The number of benzene rings is 1. The van der Waals surface area contributed by atoms with Crippen LogP contribution in [0.3, 0.4) is 0 Å². The van der Waals surface area contributed by atoms with E-state index in [-0.39, 0.29) is 24.3 Å². The molecule has 1 aromatic rings. The number of rotatable bonds is 3. The van der Waals surface area contributed by atoms with E-state index < -0.39 is 5.54 Å². The molecule has 0 aromatic heterocycles. The third-order valence-electron chi connectivity index (χ3n) is 4.26. The number of carbonyl (C=O) groups is 1. The minimum absolute atomic E-state index is 0.00786. The second-order valence-electron chi connectivity index (χ2n) is 6.23. The molecule has 0 unspecified atom stereocenters. The molecule has 2 atom stereocenters. The van der Waals surface area contributed by atoms with E-state index in [0.29, 0.717) is 6.54 Å². The number of nitrogens with zero attached hydrogens (tertiary/aromatic N) is 1. The van der Waals surface area contributed by atoms with E-state index in [9.17, 15) is 9.90 Å². The van der Waals surface area contributed by atoms with Crippen molar-refractivity contribution in [1.82, 2.24) is 4.90 Å². The summed E-state index contributed by atoms with van der Waals surface area (Å²) in [5.41, 5.74) is 1.96. The smallest absolute Gasteiger partial charge is 0.226 e. The number of hydrogen-bond donors (Lipinski definition) is 1. The summed E-state index contributed by atoms with van der Waals surface area (Å²) in [4.78, 5) is 14.2. The highest BCUT2D eigenvalue weighted by Gasteiger charge is 2.43. The summed E-state index contributed by atoms with van der Waals surface area (Å²) < 4.78 is 0. The molecule has 1 heterocycles. The van der Waals surface area contributed by atoms with Crippen molar-refractivity contribution < 1.29 is 9.90 Å². The van der Waals surface area contributed by atoms with Gasteiger partial charge in [-0.1, -0.05) is 36.8 Å². The fourth-order valence-corrected chi connectivity index (χ4v) is 2.70. The average molecular weight is 261 g/mol. The second kappa shape index (κ2) is 4.97. The first kappa shape index (κ1) is 14.1. The molecule has 2 rings (SSSR count). The molecule has 1 aliphatic heterocycles. The first-order chi connectivity index (χ1) is 8.86. The molecular formula is C16H23NO2. The zero-order valence-electron chi connectivity index (χ0n) is 12.2. The van der Waals surface area contributed by atoms with Gasteiger partial charge in [0, 0.05) is 18.4 Å². The average Bonchev–Trinajstić information content (AvgIpc) is 2.68. The summed E-state index contributed by atoms with van der Waals surface area (Å²) in [6.07, 6.45) is 0. The van der Waals surface area contributed by atoms with Crippen molar-refractivity contribution in [1.29, 1.82) is 0 Å². The second-order valence-corrected chi connectivity index (χ2v) is 6.23. The van der Waals surface area contributed by atoms with Crippen molar-refractivity contribution >= 4 is 5.91 Å². The molecule has 19 heavy (non-hydrogen) atoms. The number of carbonyl (C=O) groups excluding carboxylic acids is 1. The summed E-state index contributed by atoms with van der Waals surface area (Å²) in [5, 5.41) is 9.46. The minimum Gasteiger partial charge on any atom is -0.394 e. The highest BCUT2D eigenvalue weighted by molar-refractivity contribution is 5.83. The van der Waals surface area contributed by atoms with Gasteiger partial charge in [0.2, 0.25) is 5.91 Å². The first-order valence-corrected chi connectivity index (χ1v) is 6.85. The molecule has 1 aliphatic rings. The van der Waals surface area contributed by atoms with Gasteiger partial charge in [0.1, 0.15) is 0 Å². The zero-order chi connectivity index (χ0) is 14.2. The number of aliphatic hydroxyl groups is 1. The summed E-state index contributed by atoms with van der Waals surface area (Å²) in [7, 11) is 0. The first-order valence-electron chi connectivity index (χ1n) is 6.85. The number of aliphatic hydroxyl groups excluding tert-OH is 1. The molecular weight excluding hydrogens is 238 g/mol. The van der Waals surface area contributed by atoms with Crippen molar-refractivity contribution in [3.05, 3.63) is 35.4 Å². The standard InChI is InChI=1S/C16H23NO2/c1-11-5-7-13(8-6-11)14-9-17(15(19)12(14)2)16(3,4)10-18/h5-8,12,14,18H,9-10H2,1-4H3/t12-,14+/m0/s1. The van der Waals surface area contributed by atoms with Crippen LogP contribution < -0.4 is 0 Å². The number of likely N-dealkylation sites (tertiary alicyclic amines) is 1. The summed E-state index contributed by atoms with van der Waals surface area (Å²) in [5.74, 6) is 0.345. The lowest BCUT2D eigenvalue weighted by molar-refractivity contribution is -0.136. The van der Waals surface area contributed by atoms with Crippen molar-refractivity contribution in [2.45, 2.75) is 39.2 Å². The molecule has 1 amide bonds. The van der Waals surface area contributed by atoms with E-state index in [1.54, 1.807) is 0 Å². The minimum atomic E-state index is -0.481. The lowest BCUT2D eigenvalue weighted by atomic mass is 9.89. The van der Waals surface area contributed by atoms with E-state index in [1.807, 2.05) is 25.7 Å². The van der Waals surface area contributed by atoms with Gasteiger partial charge >= 0.3 is 0 Å². The Balaban J connectivity index is 2.26. The van der Waals surface area contributed by atoms with E-state index in [1.165, 1.54) is 11.1 Å². The van der Waals surface area contributed by atoms with Gasteiger partial charge in [0.15, 0.2) is 0 Å². The predicted molar refractivity (Wildman–Crippen MR) is 76.0 cm³/mol. The Morgan fingerprint density at radius 3 is 2.42 bits per heavy atom. The highest BCUT2D eigenvalue weighted by Crippen LogP contribution is 2.36. The van der Waals surface area contributed by atoms with E-state index in [4.69, 9.17) is 0 Å². The Kier molecular flexibility index (Phi) is 3.68. The van der Waals surface area contributed by atoms with Crippen LogP contribution in [-0.2, 0) is 4.79 Å². The maximum absolute atomic E-state index is 12.4. The van der Waals surface area contributed by atoms with Crippen molar-refractivity contribution in [2.75, 3.05) is 13.2 Å². The van der Waals surface area contributed by atoms with Crippen molar-refractivity contribution in [3.8, 4) is 0 Å². The van der Waals surface area contributed by atoms with Gasteiger partial charge in [-0.3, -0.25) is 4.79 Å². The van der Waals surface area contributed by atoms with Gasteiger partial charge < -0.3 is 10.0 Å². The third kappa shape index (κ3) is 2.52. The quantitative estimate of drug-likeness (QED) is 0.907. The fraction of sp³-hybridized carbons (Fsp3) is 0.562. The molecule has 0 radical (unpaired) electrons. The maximum Gasteiger partial charge on any atom is 0.226 e. The van der Waals surface area contributed by atoms with Crippen LogP contribution in [0.4, 0.5) is 0 Å². The molecule has 0 saturated carbocycles. The fourth-order valence-electron chi connectivity index (χ4n) is 2.70. The summed E-state index contributed by atoms with van der Waals surface area (Å²) in [6, 6.07) is 8.40. The maximum atomic E-state index is 12.4. The lowest BCUT2D eigenvalue weighted by Crippen LogP contribution is -2.48. The number of hydrogen-bond acceptors (Lipinski definition) is 2.